The molecule has 1 aliphatic rings. The van der Waals surface area contributed by atoms with E-state index in [1.54, 1.807) is 54.7 Å². The van der Waals surface area contributed by atoms with E-state index in [4.69, 9.17) is 17.0 Å². The van der Waals surface area contributed by atoms with Gasteiger partial charge in [0.25, 0.3) is 11.8 Å². The smallest absolute Gasteiger partial charge is 0.270 e. The van der Waals surface area contributed by atoms with E-state index in [2.05, 4.69) is 10.3 Å². The summed E-state index contributed by atoms with van der Waals surface area (Å²) in [7, 11) is 0. The number of ether oxygens (including phenoxy) is 1. The molecule has 1 fully saturated rings. The molecule has 0 bridgehead atoms. The Kier molecular flexibility index (Phi) is 7.91. The van der Waals surface area contributed by atoms with Gasteiger partial charge in [-0.25, -0.2) is 4.98 Å². The molecule has 0 unspecified atom stereocenters. The molecule has 3 aromatic carbocycles. The summed E-state index contributed by atoms with van der Waals surface area (Å²) in [6.07, 6.45) is 3.07. The fourth-order valence-corrected chi connectivity index (χ4v) is 4.95. The lowest BCUT2D eigenvalue weighted by atomic mass is 10.1. The minimum atomic E-state index is -0.606. The highest BCUT2D eigenvalue weighted by Gasteiger charge is 2.34. The quantitative estimate of drug-likeness (QED) is 0.0991. The number of hydrogen-bond donors (Lipinski definition) is 1. The number of anilines is 1. The van der Waals surface area contributed by atoms with Gasteiger partial charge in [0.15, 0.2) is 10.9 Å². The standard InChI is InChI=1S/C30H21N3O4S2/c34-26(20-8-3-1-4-9-20)19-39-28-21(10-7-17-31-28)18-25-27(35)32-30(38)33(29(25)36)22-13-15-24(16-14-22)37-23-11-5-2-6-12-23/h1-18H,19H2,(H,32,35,38). The van der Waals surface area contributed by atoms with Crippen LogP contribution in [-0.2, 0) is 9.59 Å². The van der Waals surface area contributed by atoms with Crippen molar-refractivity contribution in [1.29, 1.82) is 0 Å². The molecule has 0 aliphatic carbocycles. The summed E-state index contributed by atoms with van der Waals surface area (Å²) in [5, 5.41) is 3.10. The molecule has 0 radical (unpaired) electrons. The van der Waals surface area contributed by atoms with Crippen LogP contribution in [0, 0.1) is 0 Å². The van der Waals surface area contributed by atoms with Crippen molar-refractivity contribution in [2.45, 2.75) is 5.03 Å². The fraction of sp³-hybridized carbons (Fsp3) is 0.0333. The van der Waals surface area contributed by atoms with Gasteiger partial charge in [-0.05, 0) is 60.8 Å². The van der Waals surface area contributed by atoms with Gasteiger partial charge in [0.1, 0.15) is 22.1 Å². The normalized spacial score (nSPS) is 14.3. The third-order valence-electron chi connectivity index (χ3n) is 5.71. The molecule has 1 saturated heterocycles. The average molecular weight is 552 g/mol. The maximum atomic E-state index is 13.5. The molecule has 192 valence electrons. The number of para-hydroxylation sites is 1. The van der Waals surface area contributed by atoms with Gasteiger partial charge in [-0.15, -0.1) is 0 Å². The van der Waals surface area contributed by atoms with Crippen LogP contribution in [0.3, 0.4) is 0 Å². The molecular weight excluding hydrogens is 530 g/mol. The molecule has 39 heavy (non-hydrogen) atoms. The zero-order valence-electron chi connectivity index (χ0n) is 20.4. The second kappa shape index (κ2) is 11.8. The van der Waals surface area contributed by atoms with Crippen LogP contribution in [0.4, 0.5) is 5.69 Å². The highest BCUT2D eigenvalue weighted by molar-refractivity contribution is 8.00. The molecule has 0 spiro atoms. The zero-order chi connectivity index (χ0) is 27.2. The van der Waals surface area contributed by atoms with Gasteiger partial charge in [0.2, 0.25) is 0 Å². The number of carbonyl (C=O) groups is 3. The summed E-state index contributed by atoms with van der Waals surface area (Å²) in [6.45, 7) is 0. The summed E-state index contributed by atoms with van der Waals surface area (Å²) in [5.74, 6) is 0.203. The van der Waals surface area contributed by atoms with Crippen molar-refractivity contribution in [1.82, 2.24) is 10.3 Å². The lowest BCUT2D eigenvalue weighted by Crippen LogP contribution is -2.54. The van der Waals surface area contributed by atoms with Gasteiger partial charge in [-0.1, -0.05) is 66.4 Å². The monoisotopic (exact) mass is 551 g/mol. The number of benzene rings is 3. The number of Topliss-reactive ketones (excluding diaryl/α,β-unsaturated/α-hetero) is 1. The van der Waals surface area contributed by atoms with Crippen molar-refractivity contribution in [3.63, 3.8) is 0 Å². The summed E-state index contributed by atoms with van der Waals surface area (Å²) < 4.78 is 5.82. The maximum absolute atomic E-state index is 13.5. The SMILES string of the molecule is O=C1NC(=S)N(c2ccc(Oc3ccccc3)cc2)C(=O)C1=Cc1cccnc1SCC(=O)c1ccccc1. The molecule has 2 amide bonds. The molecule has 1 aromatic heterocycles. The number of hydrogen-bond acceptors (Lipinski definition) is 7. The third kappa shape index (κ3) is 6.11. The number of nitrogens with zero attached hydrogens (tertiary/aromatic N) is 2. The Morgan fingerprint density at radius 1 is 0.897 bits per heavy atom. The molecule has 1 aliphatic heterocycles. The number of carbonyl (C=O) groups excluding carboxylic acids is 3. The van der Waals surface area contributed by atoms with Crippen LogP contribution >= 0.6 is 24.0 Å². The Labute approximate surface area is 234 Å². The topological polar surface area (TPSA) is 88.6 Å². The number of thioether (sulfide) groups is 1. The second-order valence-electron chi connectivity index (χ2n) is 8.34. The van der Waals surface area contributed by atoms with E-state index in [0.29, 0.717) is 33.3 Å². The van der Waals surface area contributed by atoms with Crippen molar-refractivity contribution in [2.75, 3.05) is 10.7 Å². The first-order valence-corrected chi connectivity index (χ1v) is 13.3. The molecule has 1 N–H and O–H groups in total. The lowest BCUT2D eigenvalue weighted by molar-refractivity contribution is -0.122. The Hall–Kier alpha value is -4.60. The van der Waals surface area contributed by atoms with Gasteiger partial charge in [0.05, 0.1) is 11.4 Å². The minimum Gasteiger partial charge on any atom is -0.457 e. The molecule has 2 heterocycles. The molecule has 0 saturated carbocycles. The molecule has 9 heteroatoms. The summed E-state index contributed by atoms with van der Waals surface area (Å²) in [4.78, 5) is 44.5. The predicted octanol–water partition coefficient (Wildman–Crippen LogP) is 5.68. The number of pyridine rings is 1. The van der Waals surface area contributed by atoms with E-state index in [9.17, 15) is 14.4 Å². The molecule has 4 aromatic rings. The van der Waals surface area contributed by atoms with Crippen molar-refractivity contribution >= 4 is 58.5 Å². The Morgan fingerprint density at radius 2 is 1.56 bits per heavy atom. The van der Waals surface area contributed by atoms with Crippen LogP contribution in [0.5, 0.6) is 11.5 Å². The molecule has 7 nitrogen and oxygen atoms in total. The van der Waals surface area contributed by atoms with Crippen LogP contribution in [0.1, 0.15) is 15.9 Å². The first-order chi connectivity index (χ1) is 19.0. The Morgan fingerprint density at radius 3 is 2.28 bits per heavy atom. The van der Waals surface area contributed by atoms with Gasteiger partial charge in [-0.2, -0.15) is 0 Å². The Balaban J connectivity index is 1.36. The zero-order valence-corrected chi connectivity index (χ0v) is 22.1. The van der Waals surface area contributed by atoms with Crippen LogP contribution in [0.15, 0.2) is 114 Å². The number of amides is 2. The van der Waals surface area contributed by atoms with Crippen molar-refractivity contribution < 1.29 is 19.1 Å². The van der Waals surface area contributed by atoms with Crippen molar-refractivity contribution in [3.8, 4) is 11.5 Å². The van der Waals surface area contributed by atoms with Crippen molar-refractivity contribution in [2.24, 2.45) is 0 Å². The van der Waals surface area contributed by atoms with Crippen LogP contribution < -0.4 is 15.0 Å². The van der Waals surface area contributed by atoms with Gasteiger partial charge >= 0.3 is 0 Å². The van der Waals surface area contributed by atoms with Crippen molar-refractivity contribution in [3.05, 3.63) is 120 Å². The number of aromatic nitrogens is 1. The first kappa shape index (κ1) is 26.0. The average Bonchev–Trinajstić information content (AvgIpc) is 2.96. The van der Waals surface area contributed by atoms with E-state index in [-0.39, 0.29) is 22.2 Å². The van der Waals surface area contributed by atoms with E-state index in [1.807, 2.05) is 48.5 Å². The van der Waals surface area contributed by atoms with E-state index in [0.717, 1.165) is 0 Å². The molecule has 0 atom stereocenters. The fourth-order valence-electron chi connectivity index (χ4n) is 3.81. The van der Waals surface area contributed by atoms with Crippen LogP contribution in [0.2, 0.25) is 0 Å². The van der Waals surface area contributed by atoms with E-state index < -0.39 is 11.8 Å². The second-order valence-corrected chi connectivity index (χ2v) is 9.69. The number of thiocarbonyl (C=S) groups is 1. The number of ketones is 1. The van der Waals surface area contributed by atoms with E-state index >= 15 is 0 Å². The number of nitrogens with one attached hydrogen (secondary N) is 1. The summed E-state index contributed by atoms with van der Waals surface area (Å²) in [6, 6.07) is 28.6. The van der Waals surface area contributed by atoms with Gasteiger partial charge < -0.3 is 4.74 Å². The lowest BCUT2D eigenvalue weighted by Gasteiger charge is -2.29. The first-order valence-electron chi connectivity index (χ1n) is 11.9. The third-order valence-corrected chi connectivity index (χ3v) is 7.02. The maximum Gasteiger partial charge on any atom is 0.270 e. The summed E-state index contributed by atoms with van der Waals surface area (Å²) >= 11 is 6.56. The Bertz CT molecular complexity index is 1570. The van der Waals surface area contributed by atoms with Gasteiger partial charge in [-0.3, -0.25) is 24.6 Å². The van der Waals surface area contributed by atoms with Crippen LogP contribution in [-0.4, -0.2) is 33.4 Å². The molecular formula is C30H21N3O4S2. The predicted molar refractivity (Wildman–Crippen MR) is 155 cm³/mol. The summed E-state index contributed by atoms with van der Waals surface area (Å²) in [5.41, 5.74) is 1.52. The van der Waals surface area contributed by atoms with E-state index in [1.165, 1.54) is 22.7 Å². The minimum absolute atomic E-state index is 0.0203. The highest BCUT2D eigenvalue weighted by atomic mass is 32.2. The largest absolute Gasteiger partial charge is 0.457 e. The van der Waals surface area contributed by atoms with Gasteiger partial charge in [0, 0.05) is 17.3 Å². The number of rotatable bonds is 8. The molecule has 5 rings (SSSR count). The van der Waals surface area contributed by atoms with Crippen LogP contribution in [0.25, 0.3) is 6.08 Å². The highest BCUT2D eigenvalue weighted by Crippen LogP contribution is 2.28.